The van der Waals surface area contributed by atoms with E-state index in [9.17, 15) is 13.2 Å². The van der Waals surface area contributed by atoms with Crippen LogP contribution in [0.3, 0.4) is 0 Å². The summed E-state index contributed by atoms with van der Waals surface area (Å²) in [5.41, 5.74) is 3.06. The van der Waals surface area contributed by atoms with E-state index in [2.05, 4.69) is 48.2 Å². The van der Waals surface area contributed by atoms with Gasteiger partial charge in [0.05, 0.1) is 11.9 Å². The van der Waals surface area contributed by atoms with Crippen molar-refractivity contribution < 1.29 is 18.1 Å². The summed E-state index contributed by atoms with van der Waals surface area (Å²) in [6, 6.07) is 14.3. The Labute approximate surface area is 180 Å². The zero-order chi connectivity index (χ0) is 22.5. The van der Waals surface area contributed by atoms with E-state index < -0.39 is 10.0 Å². The molecule has 2 rings (SSSR count). The van der Waals surface area contributed by atoms with Crippen LogP contribution in [0.4, 0.5) is 5.69 Å². The third-order valence-electron chi connectivity index (χ3n) is 5.08. The van der Waals surface area contributed by atoms with E-state index in [1.54, 1.807) is 26.0 Å². The number of likely N-dealkylation sites (N-methyl/N-ethyl adjacent to an activating group) is 1. The fraction of sp³-hybridized carbons (Fsp3) is 0.435. The molecule has 0 aliphatic heterocycles. The van der Waals surface area contributed by atoms with E-state index in [0.29, 0.717) is 11.6 Å². The Kier molecular flexibility index (Phi) is 8.18. The van der Waals surface area contributed by atoms with Crippen molar-refractivity contribution in [1.82, 2.24) is 4.72 Å². The number of carbonyl (C=O) groups is 1. The maximum absolute atomic E-state index is 12.7. The van der Waals surface area contributed by atoms with Gasteiger partial charge in [0.1, 0.15) is 6.54 Å². The fourth-order valence-corrected chi connectivity index (χ4v) is 4.32. The third-order valence-corrected chi connectivity index (χ3v) is 6.76. The van der Waals surface area contributed by atoms with Gasteiger partial charge in [0.25, 0.3) is 5.91 Å². The summed E-state index contributed by atoms with van der Waals surface area (Å²) in [5.74, 6) is 0.388. The van der Waals surface area contributed by atoms with Crippen LogP contribution in [-0.2, 0) is 21.4 Å². The third kappa shape index (κ3) is 6.65. The number of amides is 1. The molecular formula is C23H34N3O3S+. The molecule has 3 N–H and O–H groups in total. The number of benzene rings is 2. The van der Waals surface area contributed by atoms with Gasteiger partial charge >= 0.3 is 0 Å². The molecule has 1 amide bonds. The van der Waals surface area contributed by atoms with E-state index in [1.165, 1.54) is 23.3 Å². The summed E-state index contributed by atoms with van der Waals surface area (Å²) >= 11 is 0. The normalized spacial score (nSPS) is 14.0. The minimum absolute atomic E-state index is 0.109. The summed E-state index contributed by atoms with van der Waals surface area (Å²) in [5, 5.41) is 2.88. The quantitative estimate of drug-likeness (QED) is 0.570. The van der Waals surface area contributed by atoms with Crippen molar-refractivity contribution in [2.75, 3.05) is 12.4 Å². The monoisotopic (exact) mass is 432 g/mol. The van der Waals surface area contributed by atoms with Crippen molar-refractivity contribution in [3.63, 3.8) is 0 Å². The van der Waals surface area contributed by atoms with Crippen LogP contribution >= 0.6 is 0 Å². The number of hydrogen-bond donors (Lipinski definition) is 3. The van der Waals surface area contributed by atoms with Gasteiger partial charge in [-0.05, 0) is 56.5 Å². The van der Waals surface area contributed by atoms with Crippen LogP contribution in [0.1, 0.15) is 51.7 Å². The number of quaternary nitrogens is 1. The van der Waals surface area contributed by atoms with E-state index in [0.717, 1.165) is 11.4 Å². The first kappa shape index (κ1) is 24.1. The van der Waals surface area contributed by atoms with Gasteiger partial charge < -0.3 is 10.2 Å². The van der Waals surface area contributed by atoms with Gasteiger partial charge in [-0.1, -0.05) is 38.1 Å². The van der Waals surface area contributed by atoms with Crippen molar-refractivity contribution in [3.8, 4) is 0 Å². The second-order valence-corrected chi connectivity index (χ2v) is 10.1. The van der Waals surface area contributed by atoms with Gasteiger partial charge in [-0.3, -0.25) is 4.79 Å². The highest BCUT2D eigenvalue weighted by molar-refractivity contribution is 7.89. The molecule has 0 fully saturated rings. The zero-order valence-corrected chi connectivity index (χ0v) is 19.5. The van der Waals surface area contributed by atoms with Gasteiger partial charge in [-0.15, -0.1) is 0 Å². The zero-order valence-electron chi connectivity index (χ0n) is 18.7. The molecule has 6 nitrogen and oxygen atoms in total. The van der Waals surface area contributed by atoms with Gasteiger partial charge in [-0.25, -0.2) is 13.1 Å². The molecule has 0 radical (unpaired) electrons. The molecule has 2 aromatic carbocycles. The Morgan fingerprint density at radius 2 is 1.50 bits per heavy atom. The van der Waals surface area contributed by atoms with Crippen LogP contribution in [0, 0.1) is 0 Å². The first-order valence-corrected chi connectivity index (χ1v) is 11.8. The van der Waals surface area contributed by atoms with Crippen LogP contribution in [0.15, 0.2) is 53.4 Å². The van der Waals surface area contributed by atoms with E-state index in [4.69, 9.17) is 0 Å². The smallest absolute Gasteiger partial charge is 0.282 e. The highest BCUT2D eigenvalue weighted by Crippen LogP contribution is 2.15. The first-order chi connectivity index (χ1) is 14.0. The summed E-state index contributed by atoms with van der Waals surface area (Å²) < 4.78 is 27.0. The van der Waals surface area contributed by atoms with Crippen LogP contribution in [0.25, 0.3) is 0 Å². The molecule has 0 heterocycles. The molecular weight excluding hydrogens is 398 g/mol. The predicted octanol–water partition coefficient (Wildman–Crippen LogP) is 2.54. The number of nitrogens with one attached hydrogen (secondary N) is 3. The lowest BCUT2D eigenvalue weighted by Gasteiger charge is -2.21. The lowest BCUT2D eigenvalue weighted by molar-refractivity contribution is -0.907. The largest absolute Gasteiger partial charge is 0.324 e. The van der Waals surface area contributed by atoms with Crippen LogP contribution in [0.2, 0.25) is 0 Å². The SMILES string of the molecule is CC(C)NS(=O)(=O)c1ccc(NC(=O)[C@@H](C)[NH+](C)Cc2ccc(C(C)C)cc2)cc1. The van der Waals surface area contributed by atoms with Gasteiger partial charge in [0.15, 0.2) is 6.04 Å². The Morgan fingerprint density at radius 1 is 0.933 bits per heavy atom. The second kappa shape index (κ2) is 10.2. The van der Waals surface area contributed by atoms with Crippen LogP contribution in [-0.4, -0.2) is 33.5 Å². The maximum Gasteiger partial charge on any atom is 0.282 e. The molecule has 0 bridgehead atoms. The van der Waals surface area contributed by atoms with Crippen LogP contribution in [0.5, 0.6) is 0 Å². The van der Waals surface area contributed by atoms with Crippen molar-refractivity contribution >= 4 is 21.6 Å². The average molecular weight is 433 g/mol. The van der Waals surface area contributed by atoms with Crippen molar-refractivity contribution in [1.29, 1.82) is 0 Å². The fourth-order valence-electron chi connectivity index (χ4n) is 3.07. The molecule has 1 unspecified atom stereocenters. The number of hydrogen-bond acceptors (Lipinski definition) is 3. The number of rotatable bonds is 9. The summed E-state index contributed by atoms with van der Waals surface area (Å²) in [7, 11) is -1.55. The standard InChI is InChI=1S/C23H33N3O3S/c1-16(2)20-9-7-19(8-10-20)15-26(6)18(5)23(27)24-21-11-13-22(14-12-21)30(28,29)25-17(3)4/h7-14,16-18,25H,15H2,1-6H3,(H,24,27)/p+1/t18-/m1/s1. The molecule has 0 saturated heterocycles. The molecule has 0 spiro atoms. The van der Waals surface area contributed by atoms with Crippen molar-refractivity contribution in [2.24, 2.45) is 0 Å². The maximum atomic E-state index is 12.7. The summed E-state index contributed by atoms with van der Waals surface area (Å²) in [6.45, 7) is 10.5. The lowest BCUT2D eigenvalue weighted by atomic mass is 10.0. The van der Waals surface area contributed by atoms with Gasteiger partial charge in [0, 0.05) is 17.3 Å². The van der Waals surface area contributed by atoms with Gasteiger partial charge in [0.2, 0.25) is 10.0 Å². The predicted molar refractivity (Wildman–Crippen MR) is 121 cm³/mol. The van der Waals surface area contributed by atoms with E-state index >= 15 is 0 Å². The van der Waals surface area contributed by atoms with E-state index in [1.807, 2.05) is 14.0 Å². The van der Waals surface area contributed by atoms with Crippen molar-refractivity contribution in [3.05, 3.63) is 59.7 Å². The van der Waals surface area contributed by atoms with E-state index in [-0.39, 0.29) is 22.9 Å². The Hall–Kier alpha value is -2.22. The number of carbonyl (C=O) groups excluding carboxylic acids is 1. The lowest BCUT2D eigenvalue weighted by Crippen LogP contribution is -3.12. The molecule has 164 valence electrons. The number of anilines is 1. The van der Waals surface area contributed by atoms with Crippen molar-refractivity contribution in [2.45, 2.75) is 64.1 Å². The van der Waals surface area contributed by atoms with Gasteiger partial charge in [-0.2, -0.15) is 0 Å². The summed E-state index contributed by atoms with van der Waals surface area (Å²) in [4.78, 5) is 13.9. The molecule has 2 atom stereocenters. The topological polar surface area (TPSA) is 79.7 Å². The highest BCUT2D eigenvalue weighted by atomic mass is 32.2. The Balaban J connectivity index is 1.97. The minimum atomic E-state index is -3.54. The molecule has 0 aromatic heterocycles. The molecule has 0 aliphatic rings. The average Bonchev–Trinajstić information content (AvgIpc) is 2.67. The van der Waals surface area contributed by atoms with Crippen LogP contribution < -0.4 is 14.9 Å². The molecule has 30 heavy (non-hydrogen) atoms. The Bertz CT molecular complexity index is 937. The molecule has 2 aromatic rings. The first-order valence-electron chi connectivity index (χ1n) is 10.3. The Morgan fingerprint density at radius 3 is 2.00 bits per heavy atom. The molecule has 0 aliphatic carbocycles. The minimum Gasteiger partial charge on any atom is -0.324 e. The second-order valence-electron chi connectivity index (χ2n) is 8.43. The number of sulfonamides is 1. The molecule has 0 saturated carbocycles. The molecule has 7 heteroatoms. The highest BCUT2D eigenvalue weighted by Gasteiger charge is 2.22. The summed E-state index contributed by atoms with van der Waals surface area (Å²) in [6.07, 6.45) is 0.